The molecular formula is C18H23N5O. The molecule has 4 rings (SSSR count). The predicted molar refractivity (Wildman–Crippen MR) is 92.2 cm³/mol. The van der Waals surface area contributed by atoms with Crippen LogP contribution in [0.1, 0.15) is 41.2 Å². The van der Waals surface area contributed by atoms with Crippen molar-refractivity contribution in [2.75, 3.05) is 31.1 Å². The summed E-state index contributed by atoms with van der Waals surface area (Å²) in [6, 6.07) is 4.04. The van der Waals surface area contributed by atoms with E-state index in [-0.39, 0.29) is 11.9 Å². The van der Waals surface area contributed by atoms with Gasteiger partial charge in [-0.15, -0.1) is 0 Å². The Labute approximate surface area is 142 Å². The van der Waals surface area contributed by atoms with Crippen LogP contribution in [0.15, 0.2) is 30.7 Å². The molecule has 6 heteroatoms. The fourth-order valence-corrected chi connectivity index (χ4v) is 3.69. The molecule has 0 bridgehead atoms. The van der Waals surface area contributed by atoms with Gasteiger partial charge in [-0.1, -0.05) is 0 Å². The van der Waals surface area contributed by atoms with Gasteiger partial charge in [-0.2, -0.15) is 5.10 Å². The molecule has 126 valence electrons. The number of nitrogens with zero attached hydrogens (tertiary/aromatic N) is 5. The van der Waals surface area contributed by atoms with Crippen LogP contribution in [0.5, 0.6) is 0 Å². The number of anilines is 1. The van der Waals surface area contributed by atoms with E-state index < -0.39 is 0 Å². The summed E-state index contributed by atoms with van der Waals surface area (Å²) in [6.45, 7) is 5.52. The highest BCUT2D eigenvalue weighted by Gasteiger charge is 2.31. The number of carbonyl (C=O) groups is 1. The summed E-state index contributed by atoms with van der Waals surface area (Å²) in [5, 5.41) is 4.40. The lowest BCUT2D eigenvalue weighted by atomic mass is 10.2. The molecule has 0 radical (unpaired) electrons. The van der Waals surface area contributed by atoms with Crippen LogP contribution in [0.25, 0.3) is 0 Å². The molecule has 2 aromatic rings. The number of hydrogen-bond acceptors (Lipinski definition) is 4. The molecule has 2 saturated heterocycles. The SMILES string of the molecule is Cc1cnn(C2CCN(C(=O)c3cccnc3N3CCCC3)C2)c1. The molecule has 2 fully saturated rings. The Kier molecular flexibility index (Phi) is 3.96. The largest absolute Gasteiger partial charge is 0.356 e. The molecule has 1 unspecified atom stereocenters. The van der Waals surface area contributed by atoms with Gasteiger partial charge in [0.25, 0.3) is 5.91 Å². The first-order valence-electron chi connectivity index (χ1n) is 8.72. The molecule has 2 aliphatic rings. The fraction of sp³-hybridized carbons (Fsp3) is 0.500. The van der Waals surface area contributed by atoms with Crippen LogP contribution >= 0.6 is 0 Å². The maximum atomic E-state index is 13.0. The van der Waals surface area contributed by atoms with Crippen LogP contribution in [0.2, 0.25) is 0 Å². The highest BCUT2D eigenvalue weighted by atomic mass is 16.2. The van der Waals surface area contributed by atoms with Gasteiger partial charge in [-0.05, 0) is 43.9 Å². The Morgan fingerprint density at radius 3 is 2.83 bits per heavy atom. The lowest BCUT2D eigenvalue weighted by Crippen LogP contribution is -2.31. The summed E-state index contributed by atoms with van der Waals surface area (Å²) in [4.78, 5) is 21.7. The van der Waals surface area contributed by atoms with Crippen molar-refractivity contribution < 1.29 is 4.79 Å². The van der Waals surface area contributed by atoms with E-state index in [4.69, 9.17) is 0 Å². The van der Waals surface area contributed by atoms with Crippen molar-refractivity contribution >= 4 is 11.7 Å². The third kappa shape index (κ3) is 2.77. The molecular weight excluding hydrogens is 302 g/mol. The van der Waals surface area contributed by atoms with Crippen LogP contribution in [0.4, 0.5) is 5.82 Å². The van der Waals surface area contributed by atoms with Gasteiger partial charge in [0.15, 0.2) is 0 Å². The van der Waals surface area contributed by atoms with Gasteiger partial charge in [-0.3, -0.25) is 9.48 Å². The predicted octanol–water partition coefficient (Wildman–Crippen LogP) is 2.27. The summed E-state index contributed by atoms with van der Waals surface area (Å²) in [6.07, 6.45) is 9.01. The zero-order valence-corrected chi connectivity index (χ0v) is 14.1. The quantitative estimate of drug-likeness (QED) is 0.869. The summed E-state index contributed by atoms with van der Waals surface area (Å²) in [7, 11) is 0. The first-order valence-corrected chi connectivity index (χ1v) is 8.72. The average Bonchev–Trinajstić information content (AvgIpc) is 3.35. The van der Waals surface area contributed by atoms with Crippen LogP contribution in [0.3, 0.4) is 0 Å². The number of hydrogen-bond donors (Lipinski definition) is 0. The highest BCUT2D eigenvalue weighted by Crippen LogP contribution is 2.27. The minimum atomic E-state index is 0.0939. The number of pyridine rings is 1. The lowest BCUT2D eigenvalue weighted by Gasteiger charge is -2.22. The monoisotopic (exact) mass is 325 g/mol. The number of carbonyl (C=O) groups excluding carboxylic acids is 1. The van der Waals surface area contributed by atoms with Crippen molar-refractivity contribution in [3.05, 3.63) is 41.9 Å². The number of aryl methyl sites for hydroxylation is 1. The Balaban J connectivity index is 1.52. The third-order valence-electron chi connectivity index (χ3n) is 4.98. The van der Waals surface area contributed by atoms with E-state index in [0.29, 0.717) is 6.54 Å². The molecule has 2 aromatic heterocycles. The highest BCUT2D eigenvalue weighted by molar-refractivity contribution is 5.99. The Morgan fingerprint density at radius 1 is 1.25 bits per heavy atom. The Morgan fingerprint density at radius 2 is 2.08 bits per heavy atom. The molecule has 24 heavy (non-hydrogen) atoms. The Hall–Kier alpha value is -2.37. The van der Waals surface area contributed by atoms with Gasteiger partial charge >= 0.3 is 0 Å². The maximum absolute atomic E-state index is 13.0. The van der Waals surface area contributed by atoms with Gasteiger partial charge < -0.3 is 9.80 Å². The molecule has 0 aliphatic carbocycles. The van der Waals surface area contributed by atoms with Gasteiger partial charge in [-0.25, -0.2) is 4.98 Å². The fourth-order valence-electron chi connectivity index (χ4n) is 3.69. The van der Waals surface area contributed by atoms with Crippen LogP contribution in [0, 0.1) is 6.92 Å². The first kappa shape index (κ1) is 15.2. The zero-order chi connectivity index (χ0) is 16.5. The molecule has 0 saturated carbocycles. The second-order valence-corrected chi connectivity index (χ2v) is 6.76. The number of likely N-dealkylation sites (tertiary alicyclic amines) is 1. The smallest absolute Gasteiger partial charge is 0.257 e. The van der Waals surface area contributed by atoms with Crippen molar-refractivity contribution in [1.82, 2.24) is 19.7 Å². The normalized spacial score (nSPS) is 20.8. The van der Waals surface area contributed by atoms with Crippen molar-refractivity contribution in [2.45, 2.75) is 32.2 Å². The minimum Gasteiger partial charge on any atom is -0.356 e. The van der Waals surface area contributed by atoms with Crippen molar-refractivity contribution in [2.24, 2.45) is 0 Å². The van der Waals surface area contributed by atoms with Gasteiger partial charge in [0.05, 0.1) is 17.8 Å². The second-order valence-electron chi connectivity index (χ2n) is 6.76. The number of aromatic nitrogens is 3. The van der Waals surface area contributed by atoms with E-state index in [9.17, 15) is 4.79 Å². The van der Waals surface area contributed by atoms with Crippen molar-refractivity contribution in [3.8, 4) is 0 Å². The van der Waals surface area contributed by atoms with Gasteiger partial charge in [0, 0.05) is 38.6 Å². The standard InChI is InChI=1S/C18H23N5O/c1-14-11-20-23(12-14)15-6-10-22(13-15)18(24)16-5-4-7-19-17(16)21-8-2-3-9-21/h4-5,7,11-12,15H,2-3,6,8-10,13H2,1H3. The molecule has 1 amide bonds. The molecule has 6 nitrogen and oxygen atoms in total. The minimum absolute atomic E-state index is 0.0939. The van der Waals surface area contributed by atoms with Crippen molar-refractivity contribution in [1.29, 1.82) is 0 Å². The van der Waals surface area contributed by atoms with E-state index in [1.165, 1.54) is 12.8 Å². The molecule has 0 aromatic carbocycles. The van der Waals surface area contributed by atoms with E-state index in [0.717, 1.165) is 43.0 Å². The summed E-state index contributed by atoms with van der Waals surface area (Å²) >= 11 is 0. The van der Waals surface area contributed by atoms with E-state index in [1.54, 1.807) is 6.20 Å². The maximum Gasteiger partial charge on any atom is 0.257 e. The van der Waals surface area contributed by atoms with E-state index >= 15 is 0 Å². The van der Waals surface area contributed by atoms with Crippen molar-refractivity contribution in [3.63, 3.8) is 0 Å². The first-order chi connectivity index (χ1) is 11.7. The summed E-state index contributed by atoms with van der Waals surface area (Å²) in [5.41, 5.74) is 1.89. The van der Waals surface area contributed by atoms with Gasteiger partial charge in [0.2, 0.25) is 0 Å². The van der Waals surface area contributed by atoms with Crippen LogP contribution in [-0.4, -0.2) is 51.8 Å². The summed E-state index contributed by atoms with van der Waals surface area (Å²) in [5.74, 6) is 0.940. The van der Waals surface area contributed by atoms with E-state index in [1.807, 2.05) is 34.8 Å². The zero-order valence-electron chi connectivity index (χ0n) is 14.1. The summed E-state index contributed by atoms with van der Waals surface area (Å²) < 4.78 is 1.99. The number of rotatable bonds is 3. The number of amides is 1. The second kappa shape index (κ2) is 6.26. The molecule has 0 spiro atoms. The molecule has 1 atom stereocenters. The topological polar surface area (TPSA) is 54.3 Å². The molecule has 4 heterocycles. The lowest BCUT2D eigenvalue weighted by molar-refractivity contribution is 0.0787. The molecule has 0 N–H and O–H groups in total. The third-order valence-corrected chi connectivity index (χ3v) is 4.98. The van der Waals surface area contributed by atoms with Gasteiger partial charge in [0.1, 0.15) is 5.82 Å². The van der Waals surface area contributed by atoms with E-state index in [2.05, 4.69) is 21.2 Å². The molecule has 2 aliphatic heterocycles. The Bertz CT molecular complexity index is 735. The van der Waals surface area contributed by atoms with Crippen LogP contribution < -0.4 is 4.90 Å². The average molecular weight is 325 g/mol. The van der Waals surface area contributed by atoms with Crippen LogP contribution in [-0.2, 0) is 0 Å².